The van der Waals surface area contributed by atoms with E-state index in [4.69, 9.17) is 9.47 Å². The second kappa shape index (κ2) is 7.16. The molecule has 0 saturated heterocycles. The van der Waals surface area contributed by atoms with Gasteiger partial charge in [-0.25, -0.2) is 0 Å². The van der Waals surface area contributed by atoms with Gasteiger partial charge in [-0.15, -0.1) is 0 Å². The number of aryl methyl sites for hydroxylation is 1. The summed E-state index contributed by atoms with van der Waals surface area (Å²) in [5.74, 6) is 0.466. The summed E-state index contributed by atoms with van der Waals surface area (Å²) in [6, 6.07) is 0. The first-order valence-corrected chi connectivity index (χ1v) is 6.45. The zero-order valence-electron chi connectivity index (χ0n) is 11.6. The molecule has 102 valence electrons. The van der Waals surface area contributed by atoms with Crippen molar-refractivity contribution in [3.05, 3.63) is 11.9 Å². The standard InChI is InChI=1S/C13H22N2O3/c1-5-8-15-12(11(17-4)9-14-15)13(16)10(6-2)18-7-3/h9-10H,5-8H2,1-4H3. The molecule has 1 aromatic heterocycles. The third kappa shape index (κ3) is 3.10. The third-order valence-electron chi connectivity index (χ3n) is 2.73. The lowest BCUT2D eigenvalue weighted by Gasteiger charge is -2.15. The molecule has 0 aromatic carbocycles. The average Bonchev–Trinajstić information content (AvgIpc) is 2.78. The van der Waals surface area contributed by atoms with Crippen LogP contribution in [0.2, 0.25) is 0 Å². The molecule has 0 radical (unpaired) electrons. The largest absolute Gasteiger partial charge is 0.493 e. The Bertz CT molecular complexity index is 388. The Balaban J connectivity index is 3.04. The Kier molecular flexibility index (Phi) is 5.85. The van der Waals surface area contributed by atoms with E-state index in [-0.39, 0.29) is 5.78 Å². The molecule has 0 bridgehead atoms. The number of Topliss-reactive ketones (excluding diaryl/α,β-unsaturated/α-hetero) is 1. The SMILES string of the molecule is CCCn1ncc(OC)c1C(=O)C(CC)OCC. The smallest absolute Gasteiger partial charge is 0.213 e. The van der Waals surface area contributed by atoms with Crippen molar-refractivity contribution >= 4 is 5.78 Å². The Morgan fingerprint density at radius 2 is 2.17 bits per heavy atom. The number of rotatable bonds is 8. The van der Waals surface area contributed by atoms with Crippen LogP contribution in [0, 0.1) is 0 Å². The Morgan fingerprint density at radius 3 is 2.67 bits per heavy atom. The number of aromatic nitrogens is 2. The molecule has 0 aliphatic rings. The number of methoxy groups -OCH3 is 1. The first kappa shape index (κ1) is 14.7. The molecule has 0 amide bonds. The Labute approximate surface area is 108 Å². The van der Waals surface area contributed by atoms with Crippen molar-refractivity contribution in [3.63, 3.8) is 0 Å². The number of ketones is 1. The van der Waals surface area contributed by atoms with Crippen LogP contribution in [0.1, 0.15) is 44.1 Å². The van der Waals surface area contributed by atoms with Crippen molar-refractivity contribution in [1.29, 1.82) is 0 Å². The van der Waals surface area contributed by atoms with Crippen LogP contribution in [0.3, 0.4) is 0 Å². The van der Waals surface area contributed by atoms with E-state index in [1.807, 2.05) is 20.8 Å². The van der Waals surface area contributed by atoms with Crippen LogP contribution in [0.15, 0.2) is 6.20 Å². The van der Waals surface area contributed by atoms with Gasteiger partial charge in [-0.3, -0.25) is 9.48 Å². The number of ether oxygens (including phenoxy) is 2. The molecule has 0 spiro atoms. The summed E-state index contributed by atoms with van der Waals surface area (Å²) in [4.78, 5) is 12.4. The van der Waals surface area contributed by atoms with Crippen LogP contribution in [-0.4, -0.2) is 35.4 Å². The molecule has 0 N–H and O–H groups in total. The molecular weight excluding hydrogens is 232 g/mol. The molecule has 5 nitrogen and oxygen atoms in total. The molecule has 0 aliphatic carbocycles. The fraction of sp³-hybridized carbons (Fsp3) is 0.692. The minimum absolute atomic E-state index is 0.0536. The zero-order valence-corrected chi connectivity index (χ0v) is 11.6. The maximum atomic E-state index is 12.4. The van der Waals surface area contributed by atoms with Crippen LogP contribution >= 0.6 is 0 Å². The second-order valence-electron chi connectivity index (χ2n) is 4.00. The first-order chi connectivity index (χ1) is 8.69. The number of carbonyl (C=O) groups is 1. The summed E-state index contributed by atoms with van der Waals surface area (Å²) >= 11 is 0. The molecule has 18 heavy (non-hydrogen) atoms. The van der Waals surface area contributed by atoms with Gasteiger partial charge in [0.1, 0.15) is 11.8 Å². The normalized spacial score (nSPS) is 12.4. The summed E-state index contributed by atoms with van der Waals surface area (Å²) in [6.45, 7) is 7.09. The first-order valence-electron chi connectivity index (χ1n) is 6.45. The maximum Gasteiger partial charge on any atom is 0.213 e. The number of hydrogen-bond acceptors (Lipinski definition) is 4. The van der Waals surface area contributed by atoms with Gasteiger partial charge >= 0.3 is 0 Å². The average molecular weight is 254 g/mol. The van der Waals surface area contributed by atoms with Crippen LogP contribution in [0.5, 0.6) is 5.75 Å². The van der Waals surface area contributed by atoms with Gasteiger partial charge in [-0.05, 0) is 19.8 Å². The van der Waals surface area contributed by atoms with Crippen molar-refractivity contribution in [2.24, 2.45) is 0 Å². The van der Waals surface area contributed by atoms with Gasteiger partial charge in [0.2, 0.25) is 5.78 Å². The van der Waals surface area contributed by atoms with Gasteiger partial charge in [0.15, 0.2) is 5.75 Å². The topological polar surface area (TPSA) is 53.4 Å². The van der Waals surface area contributed by atoms with E-state index >= 15 is 0 Å². The summed E-state index contributed by atoms with van der Waals surface area (Å²) in [5, 5.41) is 4.19. The Morgan fingerprint density at radius 1 is 1.44 bits per heavy atom. The minimum Gasteiger partial charge on any atom is -0.493 e. The lowest BCUT2D eigenvalue weighted by Crippen LogP contribution is -2.26. The van der Waals surface area contributed by atoms with Gasteiger partial charge in [-0.1, -0.05) is 13.8 Å². The quantitative estimate of drug-likeness (QED) is 0.668. The van der Waals surface area contributed by atoms with E-state index in [2.05, 4.69) is 5.10 Å². The third-order valence-corrected chi connectivity index (χ3v) is 2.73. The van der Waals surface area contributed by atoms with Crippen molar-refractivity contribution in [1.82, 2.24) is 9.78 Å². The van der Waals surface area contributed by atoms with Gasteiger partial charge in [0.05, 0.1) is 13.3 Å². The van der Waals surface area contributed by atoms with E-state index in [9.17, 15) is 4.79 Å². The van der Waals surface area contributed by atoms with E-state index in [1.54, 1.807) is 18.0 Å². The molecule has 1 unspecified atom stereocenters. The molecule has 1 rings (SSSR count). The van der Waals surface area contributed by atoms with Gasteiger partial charge < -0.3 is 9.47 Å². The summed E-state index contributed by atoms with van der Waals surface area (Å²) in [6.07, 6.45) is 2.72. The van der Waals surface area contributed by atoms with Crippen molar-refractivity contribution < 1.29 is 14.3 Å². The molecule has 1 aromatic rings. The molecule has 0 saturated carbocycles. The number of carbonyl (C=O) groups excluding carboxylic acids is 1. The predicted octanol–water partition coefficient (Wildman–Crippen LogP) is 2.30. The highest BCUT2D eigenvalue weighted by Crippen LogP contribution is 2.21. The summed E-state index contributed by atoms with van der Waals surface area (Å²) < 4.78 is 12.4. The van der Waals surface area contributed by atoms with Crippen LogP contribution in [-0.2, 0) is 11.3 Å². The molecule has 0 fully saturated rings. The molecular formula is C13H22N2O3. The molecule has 0 aliphatic heterocycles. The molecule has 1 heterocycles. The van der Waals surface area contributed by atoms with Crippen molar-refractivity contribution in [2.75, 3.05) is 13.7 Å². The van der Waals surface area contributed by atoms with Crippen LogP contribution in [0.25, 0.3) is 0 Å². The van der Waals surface area contributed by atoms with Crippen molar-refractivity contribution in [2.45, 2.75) is 46.3 Å². The van der Waals surface area contributed by atoms with Crippen molar-refractivity contribution in [3.8, 4) is 5.75 Å². The molecule has 5 heteroatoms. The van der Waals surface area contributed by atoms with E-state index in [0.717, 1.165) is 6.42 Å². The minimum atomic E-state index is -0.420. The predicted molar refractivity (Wildman–Crippen MR) is 69.1 cm³/mol. The van der Waals surface area contributed by atoms with E-state index < -0.39 is 6.10 Å². The lowest BCUT2D eigenvalue weighted by atomic mass is 10.1. The van der Waals surface area contributed by atoms with Gasteiger partial charge in [0, 0.05) is 13.2 Å². The number of hydrogen-bond donors (Lipinski definition) is 0. The monoisotopic (exact) mass is 254 g/mol. The number of nitrogens with zero attached hydrogens (tertiary/aromatic N) is 2. The fourth-order valence-corrected chi connectivity index (χ4v) is 1.88. The van der Waals surface area contributed by atoms with E-state index in [1.165, 1.54) is 0 Å². The van der Waals surface area contributed by atoms with Gasteiger partial charge in [0.25, 0.3) is 0 Å². The maximum absolute atomic E-state index is 12.4. The van der Waals surface area contributed by atoms with Crippen LogP contribution < -0.4 is 4.74 Å². The molecule has 1 atom stereocenters. The summed E-state index contributed by atoms with van der Waals surface area (Å²) in [5.41, 5.74) is 0.514. The Hall–Kier alpha value is -1.36. The highest BCUT2D eigenvalue weighted by molar-refractivity contribution is 6.00. The van der Waals surface area contributed by atoms with E-state index in [0.29, 0.717) is 31.0 Å². The highest BCUT2D eigenvalue weighted by atomic mass is 16.5. The second-order valence-corrected chi connectivity index (χ2v) is 4.00. The highest BCUT2D eigenvalue weighted by Gasteiger charge is 2.26. The van der Waals surface area contributed by atoms with Crippen LogP contribution in [0.4, 0.5) is 0 Å². The summed E-state index contributed by atoms with van der Waals surface area (Å²) in [7, 11) is 1.55. The fourth-order valence-electron chi connectivity index (χ4n) is 1.88. The zero-order chi connectivity index (χ0) is 13.5. The lowest BCUT2D eigenvalue weighted by molar-refractivity contribution is 0.0431. The van der Waals surface area contributed by atoms with Gasteiger partial charge in [-0.2, -0.15) is 5.10 Å².